The highest BCUT2D eigenvalue weighted by Gasteiger charge is 2.38. The zero-order valence-corrected chi connectivity index (χ0v) is 19.4. The first kappa shape index (κ1) is 25.6. The maximum Gasteiger partial charge on any atom is 0.416 e. The van der Waals surface area contributed by atoms with Crippen molar-refractivity contribution in [2.45, 2.75) is 62.9 Å². The van der Waals surface area contributed by atoms with Gasteiger partial charge in [0.1, 0.15) is 0 Å². The number of aliphatic hydroxyl groups is 1. The van der Waals surface area contributed by atoms with E-state index >= 15 is 0 Å². The largest absolute Gasteiger partial charge is 0.416 e. The zero-order chi connectivity index (χ0) is 24.8. The molecule has 35 heavy (non-hydrogen) atoms. The van der Waals surface area contributed by atoms with Crippen LogP contribution in [-0.2, 0) is 33.5 Å². The monoisotopic (exact) mass is 492 g/mol. The Labute approximate surface area is 203 Å². The van der Waals surface area contributed by atoms with E-state index in [-0.39, 0.29) is 56.9 Å². The van der Waals surface area contributed by atoms with Gasteiger partial charge in [-0.1, -0.05) is 48.5 Å². The summed E-state index contributed by atoms with van der Waals surface area (Å²) in [6.07, 6.45) is -4.21. The third-order valence-electron chi connectivity index (χ3n) is 6.47. The molecular formula is C26H31F3N2O4. The molecule has 2 aromatic carbocycles. The average molecular weight is 493 g/mol. The molecule has 2 N–H and O–H groups in total. The number of fused-ring (bicyclic) bond motifs is 1. The Morgan fingerprint density at radius 3 is 2.60 bits per heavy atom. The van der Waals surface area contributed by atoms with Crippen LogP contribution >= 0.6 is 0 Å². The summed E-state index contributed by atoms with van der Waals surface area (Å²) in [6, 6.07) is 14.8. The van der Waals surface area contributed by atoms with Crippen molar-refractivity contribution >= 4 is 5.91 Å². The molecule has 0 spiro atoms. The number of β-amino-alcohol motifs (C(OH)–C–C–N with tert-alkyl or cyclic N) is 1. The van der Waals surface area contributed by atoms with Crippen LogP contribution in [0.5, 0.6) is 0 Å². The number of carbonyl (C=O) groups is 1. The highest BCUT2D eigenvalue weighted by Crippen LogP contribution is 2.32. The van der Waals surface area contributed by atoms with Crippen molar-refractivity contribution in [3.05, 3.63) is 71.3 Å². The minimum absolute atomic E-state index is 0.0969. The number of halogens is 3. The fourth-order valence-corrected chi connectivity index (χ4v) is 4.78. The topological polar surface area (TPSA) is 71.0 Å². The van der Waals surface area contributed by atoms with Gasteiger partial charge in [0.15, 0.2) is 0 Å². The molecule has 190 valence electrons. The summed E-state index contributed by atoms with van der Waals surface area (Å²) >= 11 is 0. The molecule has 2 saturated heterocycles. The number of amides is 1. The number of nitrogens with one attached hydrogen (secondary N) is 1. The number of ether oxygens (including phenoxy) is 2. The third-order valence-corrected chi connectivity index (χ3v) is 6.47. The van der Waals surface area contributed by atoms with E-state index in [9.17, 15) is 23.1 Å². The summed E-state index contributed by atoms with van der Waals surface area (Å²) in [7, 11) is 0. The number of aliphatic hydroxyl groups excluding tert-OH is 1. The van der Waals surface area contributed by atoms with E-state index in [4.69, 9.17) is 9.47 Å². The molecule has 2 heterocycles. The van der Waals surface area contributed by atoms with Gasteiger partial charge in [-0.05, 0) is 30.0 Å². The summed E-state index contributed by atoms with van der Waals surface area (Å²) in [5.74, 6) is -0.0969. The number of hydrogen-bond donors (Lipinski definition) is 2. The maximum absolute atomic E-state index is 13.2. The number of hydrogen-bond acceptors (Lipinski definition) is 5. The molecule has 2 aromatic rings. The Balaban J connectivity index is 1.38. The summed E-state index contributed by atoms with van der Waals surface area (Å²) in [5.41, 5.74) is 0.848. The van der Waals surface area contributed by atoms with E-state index in [1.54, 1.807) is 6.07 Å². The normalized spacial score (nSPS) is 25.8. The molecule has 4 rings (SSSR count). The molecule has 6 nitrogen and oxygen atoms in total. The van der Waals surface area contributed by atoms with Gasteiger partial charge in [0.25, 0.3) is 0 Å². The molecule has 0 bridgehead atoms. The van der Waals surface area contributed by atoms with Crippen LogP contribution in [0.25, 0.3) is 0 Å². The van der Waals surface area contributed by atoms with Crippen LogP contribution in [0.2, 0.25) is 0 Å². The smallest absolute Gasteiger partial charge is 0.389 e. The molecule has 2 aliphatic rings. The molecule has 2 fully saturated rings. The van der Waals surface area contributed by atoms with Gasteiger partial charge >= 0.3 is 6.18 Å². The second-order valence-electron chi connectivity index (χ2n) is 9.23. The van der Waals surface area contributed by atoms with E-state index in [2.05, 4.69) is 5.32 Å². The quantitative estimate of drug-likeness (QED) is 0.646. The van der Waals surface area contributed by atoms with Crippen molar-refractivity contribution in [1.29, 1.82) is 0 Å². The fourth-order valence-electron chi connectivity index (χ4n) is 4.78. The molecule has 2 aliphatic heterocycles. The molecule has 1 amide bonds. The number of benzene rings is 2. The number of nitrogens with zero attached hydrogens (tertiary/aromatic N) is 1. The van der Waals surface area contributed by atoms with Crippen LogP contribution in [-0.4, -0.2) is 60.0 Å². The van der Waals surface area contributed by atoms with Gasteiger partial charge in [-0.15, -0.1) is 0 Å². The van der Waals surface area contributed by atoms with Crippen molar-refractivity contribution < 1.29 is 32.5 Å². The van der Waals surface area contributed by atoms with Crippen LogP contribution in [0.15, 0.2) is 54.6 Å². The van der Waals surface area contributed by atoms with E-state index in [0.29, 0.717) is 24.9 Å². The highest BCUT2D eigenvalue weighted by molar-refractivity contribution is 5.76. The minimum atomic E-state index is -4.41. The highest BCUT2D eigenvalue weighted by atomic mass is 19.4. The van der Waals surface area contributed by atoms with Crippen LogP contribution in [0.1, 0.15) is 36.0 Å². The summed E-state index contributed by atoms with van der Waals surface area (Å²) in [6.45, 7) is 1.35. The minimum Gasteiger partial charge on any atom is -0.389 e. The lowest BCUT2D eigenvalue weighted by atomic mass is 9.94. The number of rotatable bonds is 6. The Kier molecular flexibility index (Phi) is 8.43. The predicted octanol–water partition coefficient (Wildman–Crippen LogP) is 3.52. The Morgan fingerprint density at radius 2 is 1.83 bits per heavy atom. The van der Waals surface area contributed by atoms with Gasteiger partial charge in [0.05, 0.1) is 43.5 Å². The van der Waals surface area contributed by atoms with Crippen LogP contribution in [0, 0.1) is 0 Å². The van der Waals surface area contributed by atoms with Crippen LogP contribution in [0.4, 0.5) is 13.2 Å². The average Bonchev–Trinajstić information content (AvgIpc) is 2.82. The Morgan fingerprint density at radius 1 is 1.06 bits per heavy atom. The number of alkyl halides is 3. The van der Waals surface area contributed by atoms with Crippen LogP contribution < -0.4 is 5.32 Å². The fraction of sp³-hybridized carbons (Fsp3) is 0.500. The van der Waals surface area contributed by atoms with Crippen molar-refractivity contribution in [3.8, 4) is 0 Å². The second-order valence-corrected chi connectivity index (χ2v) is 9.23. The summed E-state index contributed by atoms with van der Waals surface area (Å²) in [4.78, 5) is 14.5. The standard InChI is InChI=1S/C26H31F3N2O4/c27-26(28,29)20-8-4-7-19(11-20)14-31-15-21(32)16-34-17-24-23(31)10-9-22(35-24)12-25(33)30-13-18-5-2-1-3-6-18/h1-8,11,21-24,32H,9-10,12-17H2,(H,30,33)/t21-,22-,23+,24-/m0/s1. The van der Waals surface area contributed by atoms with Crippen molar-refractivity contribution in [3.63, 3.8) is 0 Å². The SMILES string of the molecule is O=C(C[C@@H]1CC[C@@H]2[C@H](COC[C@@H](O)CN2Cc2cccc(C(F)(F)F)c2)O1)NCc1ccccc1. The van der Waals surface area contributed by atoms with Gasteiger partial charge in [-0.25, -0.2) is 0 Å². The van der Waals surface area contributed by atoms with Gasteiger partial charge in [-0.3, -0.25) is 9.69 Å². The number of carbonyl (C=O) groups excluding carboxylic acids is 1. The zero-order valence-electron chi connectivity index (χ0n) is 19.4. The lowest BCUT2D eigenvalue weighted by Gasteiger charge is -2.44. The summed E-state index contributed by atoms with van der Waals surface area (Å²) in [5, 5.41) is 13.2. The van der Waals surface area contributed by atoms with Crippen LogP contribution in [0.3, 0.4) is 0 Å². The molecular weight excluding hydrogens is 461 g/mol. The van der Waals surface area contributed by atoms with Crippen molar-refractivity contribution in [2.75, 3.05) is 19.8 Å². The van der Waals surface area contributed by atoms with Gasteiger partial charge in [0.2, 0.25) is 5.91 Å². The van der Waals surface area contributed by atoms with Crippen molar-refractivity contribution in [2.24, 2.45) is 0 Å². The van der Waals surface area contributed by atoms with E-state index < -0.39 is 17.8 Å². The van der Waals surface area contributed by atoms with E-state index in [1.165, 1.54) is 6.07 Å². The first-order valence-corrected chi connectivity index (χ1v) is 11.9. The van der Waals surface area contributed by atoms with Gasteiger partial charge in [0, 0.05) is 25.7 Å². The second kappa shape index (κ2) is 11.5. The van der Waals surface area contributed by atoms with E-state index in [0.717, 1.165) is 17.7 Å². The molecule has 4 atom stereocenters. The predicted molar refractivity (Wildman–Crippen MR) is 123 cm³/mol. The Hall–Kier alpha value is -2.46. The van der Waals surface area contributed by atoms with Gasteiger partial charge < -0.3 is 19.9 Å². The lowest BCUT2D eigenvalue weighted by Crippen LogP contribution is -2.55. The van der Waals surface area contributed by atoms with E-state index in [1.807, 2.05) is 35.2 Å². The lowest BCUT2D eigenvalue weighted by molar-refractivity contribution is -0.158. The summed E-state index contributed by atoms with van der Waals surface area (Å²) < 4.78 is 51.4. The first-order valence-electron chi connectivity index (χ1n) is 11.9. The molecule has 0 aromatic heterocycles. The Bertz CT molecular complexity index is 973. The molecule has 0 saturated carbocycles. The third kappa shape index (κ3) is 7.27. The molecule has 0 aliphatic carbocycles. The van der Waals surface area contributed by atoms with Gasteiger partial charge in [-0.2, -0.15) is 13.2 Å². The maximum atomic E-state index is 13.2. The molecule has 0 unspecified atom stereocenters. The first-order chi connectivity index (χ1) is 16.8. The van der Waals surface area contributed by atoms with Crippen molar-refractivity contribution in [1.82, 2.24) is 10.2 Å². The molecule has 0 radical (unpaired) electrons. The molecule has 9 heteroatoms.